The minimum absolute atomic E-state index is 0.0341. The SMILES string of the molecule is CCOC(=O)N1CCN(C(=O)C(=O)NCc2ccc(S(N)(=O)=O)cc2)CC1. The van der Waals surface area contributed by atoms with E-state index in [2.05, 4.69) is 5.32 Å². The van der Waals surface area contributed by atoms with E-state index in [0.717, 1.165) is 0 Å². The summed E-state index contributed by atoms with van der Waals surface area (Å²) in [6.45, 7) is 3.14. The van der Waals surface area contributed by atoms with Gasteiger partial charge in [-0.15, -0.1) is 0 Å². The van der Waals surface area contributed by atoms with Crippen LogP contribution in [-0.2, 0) is 30.9 Å². The van der Waals surface area contributed by atoms with Crippen LogP contribution in [-0.4, -0.2) is 68.9 Å². The zero-order chi connectivity index (χ0) is 20.0. The fraction of sp³-hybridized carbons (Fsp3) is 0.438. The van der Waals surface area contributed by atoms with E-state index in [1.54, 1.807) is 6.92 Å². The Kier molecular flexibility index (Phi) is 6.75. The number of rotatable bonds is 4. The standard InChI is InChI=1S/C16H22N4O6S/c1-2-26-16(23)20-9-7-19(8-10-20)15(22)14(21)18-11-12-3-5-13(6-4-12)27(17,24)25/h3-6H,2,7-11H2,1H3,(H,18,21)(H2,17,24,25). The molecule has 0 aliphatic carbocycles. The third-order valence-electron chi connectivity index (χ3n) is 3.99. The molecular weight excluding hydrogens is 376 g/mol. The Labute approximate surface area is 157 Å². The van der Waals surface area contributed by atoms with Crippen LogP contribution < -0.4 is 10.5 Å². The van der Waals surface area contributed by atoms with Gasteiger partial charge in [-0.2, -0.15) is 0 Å². The Balaban J connectivity index is 1.82. The number of carbonyl (C=O) groups is 3. The molecule has 1 saturated heterocycles. The van der Waals surface area contributed by atoms with E-state index >= 15 is 0 Å². The molecule has 1 aromatic carbocycles. The van der Waals surface area contributed by atoms with Crippen LogP contribution >= 0.6 is 0 Å². The summed E-state index contributed by atoms with van der Waals surface area (Å²) in [5.74, 6) is -1.45. The Morgan fingerprint density at radius 1 is 1.07 bits per heavy atom. The van der Waals surface area contributed by atoms with E-state index in [1.165, 1.54) is 34.1 Å². The second kappa shape index (κ2) is 8.82. The largest absolute Gasteiger partial charge is 0.450 e. The van der Waals surface area contributed by atoms with Gasteiger partial charge in [-0.3, -0.25) is 9.59 Å². The number of benzene rings is 1. The van der Waals surface area contributed by atoms with E-state index in [-0.39, 0.29) is 31.1 Å². The van der Waals surface area contributed by atoms with Crippen molar-refractivity contribution < 1.29 is 27.5 Å². The molecule has 0 unspecified atom stereocenters. The Morgan fingerprint density at radius 3 is 2.15 bits per heavy atom. The lowest BCUT2D eigenvalue weighted by Crippen LogP contribution is -2.53. The number of sulfonamides is 1. The summed E-state index contributed by atoms with van der Waals surface area (Å²) in [5.41, 5.74) is 0.621. The van der Waals surface area contributed by atoms with Gasteiger partial charge in [0.2, 0.25) is 10.0 Å². The highest BCUT2D eigenvalue weighted by Crippen LogP contribution is 2.09. The highest BCUT2D eigenvalue weighted by molar-refractivity contribution is 7.89. The summed E-state index contributed by atoms with van der Waals surface area (Å²) < 4.78 is 27.3. The minimum Gasteiger partial charge on any atom is -0.450 e. The van der Waals surface area contributed by atoms with Crippen molar-refractivity contribution in [3.8, 4) is 0 Å². The van der Waals surface area contributed by atoms with Crippen LogP contribution in [0.25, 0.3) is 0 Å². The van der Waals surface area contributed by atoms with Gasteiger partial charge >= 0.3 is 17.9 Å². The van der Waals surface area contributed by atoms with E-state index in [0.29, 0.717) is 18.7 Å². The Hall–Kier alpha value is -2.66. The molecule has 148 valence electrons. The maximum absolute atomic E-state index is 12.2. The predicted octanol–water partition coefficient (Wildman–Crippen LogP) is -0.749. The average Bonchev–Trinajstić information content (AvgIpc) is 2.65. The fourth-order valence-electron chi connectivity index (χ4n) is 2.51. The molecule has 0 atom stereocenters. The number of hydrogen-bond donors (Lipinski definition) is 2. The molecule has 0 spiro atoms. The first-order chi connectivity index (χ1) is 12.7. The monoisotopic (exact) mass is 398 g/mol. The van der Waals surface area contributed by atoms with Crippen LogP contribution in [0, 0.1) is 0 Å². The summed E-state index contributed by atoms with van der Waals surface area (Å²) in [5, 5.41) is 7.51. The lowest BCUT2D eigenvalue weighted by Gasteiger charge is -2.33. The summed E-state index contributed by atoms with van der Waals surface area (Å²) in [6.07, 6.45) is -0.433. The van der Waals surface area contributed by atoms with Crippen molar-refractivity contribution in [1.82, 2.24) is 15.1 Å². The van der Waals surface area contributed by atoms with Crippen LogP contribution in [0.2, 0.25) is 0 Å². The van der Waals surface area contributed by atoms with Gasteiger partial charge in [-0.1, -0.05) is 12.1 Å². The molecule has 0 bridgehead atoms. The lowest BCUT2D eigenvalue weighted by molar-refractivity contribution is -0.146. The second-order valence-corrected chi connectivity index (χ2v) is 7.41. The summed E-state index contributed by atoms with van der Waals surface area (Å²) in [7, 11) is -3.78. The number of primary sulfonamides is 1. The number of amides is 3. The minimum atomic E-state index is -3.78. The van der Waals surface area contributed by atoms with Crippen molar-refractivity contribution in [3.63, 3.8) is 0 Å². The fourth-order valence-corrected chi connectivity index (χ4v) is 3.02. The van der Waals surface area contributed by atoms with Gasteiger partial charge in [-0.25, -0.2) is 18.4 Å². The van der Waals surface area contributed by atoms with Crippen LogP contribution in [0.5, 0.6) is 0 Å². The quantitative estimate of drug-likeness (QED) is 0.640. The number of nitrogens with zero attached hydrogens (tertiary/aromatic N) is 2. The molecule has 0 aromatic heterocycles. The number of carbonyl (C=O) groups excluding carboxylic acids is 3. The second-order valence-electron chi connectivity index (χ2n) is 5.85. The topological polar surface area (TPSA) is 139 Å². The maximum atomic E-state index is 12.2. The highest BCUT2D eigenvalue weighted by Gasteiger charge is 2.28. The molecule has 11 heteroatoms. The van der Waals surface area contributed by atoms with Crippen molar-refractivity contribution in [3.05, 3.63) is 29.8 Å². The molecule has 1 heterocycles. The number of nitrogens with two attached hydrogens (primary N) is 1. The molecule has 1 aliphatic heterocycles. The normalized spacial score (nSPS) is 14.6. The smallest absolute Gasteiger partial charge is 0.409 e. The number of nitrogens with one attached hydrogen (secondary N) is 1. The molecule has 0 saturated carbocycles. The molecule has 3 amide bonds. The van der Waals surface area contributed by atoms with Crippen molar-refractivity contribution >= 4 is 27.9 Å². The molecule has 1 fully saturated rings. The van der Waals surface area contributed by atoms with Crippen LogP contribution in [0.4, 0.5) is 4.79 Å². The zero-order valence-corrected chi connectivity index (χ0v) is 15.7. The summed E-state index contributed by atoms with van der Waals surface area (Å²) >= 11 is 0. The number of ether oxygens (including phenoxy) is 1. The third kappa shape index (κ3) is 5.66. The zero-order valence-electron chi connectivity index (χ0n) is 14.9. The predicted molar refractivity (Wildman–Crippen MR) is 94.8 cm³/mol. The van der Waals surface area contributed by atoms with E-state index in [1.807, 2.05) is 0 Å². The average molecular weight is 398 g/mol. The van der Waals surface area contributed by atoms with E-state index in [4.69, 9.17) is 9.88 Å². The first kappa shape index (κ1) is 20.6. The van der Waals surface area contributed by atoms with Crippen molar-refractivity contribution in [2.24, 2.45) is 5.14 Å². The van der Waals surface area contributed by atoms with Gasteiger partial charge in [0.05, 0.1) is 11.5 Å². The molecule has 2 rings (SSSR count). The van der Waals surface area contributed by atoms with Gasteiger partial charge in [-0.05, 0) is 24.6 Å². The maximum Gasteiger partial charge on any atom is 0.409 e. The Bertz CT molecular complexity index is 801. The van der Waals surface area contributed by atoms with Crippen LogP contribution in [0.3, 0.4) is 0 Å². The number of piperazine rings is 1. The van der Waals surface area contributed by atoms with Gasteiger partial charge in [0, 0.05) is 32.7 Å². The molecule has 0 radical (unpaired) electrons. The van der Waals surface area contributed by atoms with Crippen molar-refractivity contribution in [2.45, 2.75) is 18.4 Å². The molecule has 27 heavy (non-hydrogen) atoms. The summed E-state index contributed by atoms with van der Waals surface area (Å²) in [4.78, 5) is 38.7. The van der Waals surface area contributed by atoms with E-state index < -0.39 is 27.9 Å². The molecule has 1 aromatic rings. The van der Waals surface area contributed by atoms with Crippen molar-refractivity contribution in [2.75, 3.05) is 32.8 Å². The first-order valence-electron chi connectivity index (χ1n) is 8.33. The van der Waals surface area contributed by atoms with Gasteiger partial charge in [0.25, 0.3) is 0 Å². The lowest BCUT2D eigenvalue weighted by atomic mass is 10.2. The molecular formula is C16H22N4O6S. The Morgan fingerprint density at radius 2 is 1.63 bits per heavy atom. The van der Waals surface area contributed by atoms with Crippen LogP contribution in [0.1, 0.15) is 12.5 Å². The third-order valence-corrected chi connectivity index (χ3v) is 4.92. The molecule has 10 nitrogen and oxygen atoms in total. The first-order valence-corrected chi connectivity index (χ1v) is 9.87. The van der Waals surface area contributed by atoms with Gasteiger partial charge in [0.1, 0.15) is 0 Å². The van der Waals surface area contributed by atoms with Crippen LogP contribution in [0.15, 0.2) is 29.2 Å². The number of hydrogen-bond acceptors (Lipinski definition) is 6. The van der Waals surface area contributed by atoms with E-state index in [9.17, 15) is 22.8 Å². The summed E-state index contributed by atoms with van der Waals surface area (Å²) in [6, 6.07) is 5.66. The van der Waals surface area contributed by atoms with Gasteiger partial charge < -0.3 is 19.9 Å². The molecule has 1 aliphatic rings. The highest BCUT2D eigenvalue weighted by atomic mass is 32.2. The van der Waals surface area contributed by atoms with Crippen molar-refractivity contribution in [1.29, 1.82) is 0 Å². The van der Waals surface area contributed by atoms with Gasteiger partial charge in [0.15, 0.2) is 0 Å². The molecule has 3 N–H and O–H groups in total.